The van der Waals surface area contributed by atoms with Crippen molar-refractivity contribution in [1.82, 2.24) is 28.8 Å². The standard InChI is InChI=1S/C27H24ClF2N7O/c1-27(2)15-35(10-8-29)14-16-12-17(6-7-19(16)27)33-25-32-13-18-23(34-25)36-11-9-31-26(36)37(24(18)38)22-20(28)4-3-5-21(22)30/h3-7,9,11-13H,8,10,14-15H2,1-2H3,(H,32,33,34). The third-order valence-corrected chi connectivity index (χ3v) is 7.22. The number of nitrogens with zero attached hydrogens (tertiary/aromatic N) is 6. The van der Waals surface area contributed by atoms with Crippen molar-refractivity contribution < 1.29 is 8.78 Å². The minimum atomic E-state index is -0.649. The summed E-state index contributed by atoms with van der Waals surface area (Å²) in [6, 6.07) is 10.3. The number of rotatable bonds is 5. The highest BCUT2D eigenvalue weighted by atomic mass is 35.5. The lowest BCUT2D eigenvalue weighted by Crippen LogP contribution is -2.42. The van der Waals surface area contributed by atoms with Crippen molar-refractivity contribution >= 4 is 40.0 Å². The number of hydrogen-bond donors (Lipinski definition) is 1. The van der Waals surface area contributed by atoms with Crippen LogP contribution in [0.15, 0.2) is 59.8 Å². The van der Waals surface area contributed by atoms with Gasteiger partial charge in [-0.2, -0.15) is 4.98 Å². The molecule has 0 atom stereocenters. The zero-order valence-corrected chi connectivity index (χ0v) is 21.5. The Morgan fingerprint density at radius 2 is 2.03 bits per heavy atom. The third-order valence-electron chi connectivity index (χ3n) is 6.92. The highest BCUT2D eigenvalue weighted by Crippen LogP contribution is 2.35. The van der Waals surface area contributed by atoms with Crippen LogP contribution < -0.4 is 10.9 Å². The Hall–Kier alpha value is -3.89. The zero-order chi connectivity index (χ0) is 26.6. The molecule has 0 spiro atoms. The number of aromatic nitrogens is 5. The summed E-state index contributed by atoms with van der Waals surface area (Å²) in [4.78, 5) is 28.8. The minimum Gasteiger partial charge on any atom is -0.324 e. The molecule has 1 aliphatic heterocycles. The number of para-hydroxylation sites is 1. The molecule has 2 aromatic carbocycles. The van der Waals surface area contributed by atoms with Crippen molar-refractivity contribution in [2.45, 2.75) is 25.8 Å². The molecule has 5 aromatic rings. The number of hydrogen-bond acceptors (Lipinski definition) is 6. The first-order valence-corrected chi connectivity index (χ1v) is 12.5. The summed E-state index contributed by atoms with van der Waals surface area (Å²) in [6.45, 7) is 5.78. The second-order valence-corrected chi connectivity index (χ2v) is 10.4. The van der Waals surface area contributed by atoms with E-state index in [1.165, 1.54) is 36.2 Å². The largest absolute Gasteiger partial charge is 0.324 e. The quantitative estimate of drug-likeness (QED) is 0.340. The normalized spacial score (nSPS) is 15.2. The lowest BCUT2D eigenvalue weighted by atomic mass is 9.78. The van der Waals surface area contributed by atoms with E-state index in [4.69, 9.17) is 11.6 Å². The van der Waals surface area contributed by atoms with Gasteiger partial charge in [-0.25, -0.2) is 23.3 Å². The average molecular weight is 536 g/mol. The topological polar surface area (TPSA) is 80.4 Å². The number of nitrogens with one attached hydrogen (secondary N) is 1. The highest BCUT2D eigenvalue weighted by molar-refractivity contribution is 6.32. The van der Waals surface area contributed by atoms with Gasteiger partial charge in [0.25, 0.3) is 5.56 Å². The van der Waals surface area contributed by atoms with Gasteiger partial charge in [-0.05, 0) is 35.4 Å². The lowest BCUT2D eigenvalue weighted by molar-refractivity contribution is 0.180. The van der Waals surface area contributed by atoms with Crippen LogP contribution in [0.5, 0.6) is 0 Å². The van der Waals surface area contributed by atoms with E-state index in [0.29, 0.717) is 18.7 Å². The van der Waals surface area contributed by atoms with Crippen LogP contribution in [0.1, 0.15) is 25.0 Å². The van der Waals surface area contributed by atoms with Gasteiger partial charge in [0.05, 0.1) is 5.02 Å². The second kappa shape index (κ2) is 9.14. The first-order chi connectivity index (χ1) is 18.3. The van der Waals surface area contributed by atoms with Gasteiger partial charge in [0, 0.05) is 49.3 Å². The molecule has 1 N–H and O–H groups in total. The number of halogens is 3. The van der Waals surface area contributed by atoms with Gasteiger partial charge in [-0.3, -0.25) is 14.1 Å². The van der Waals surface area contributed by atoms with Crippen LogP contribution in [0.3, 0.4) is 0 Å². The molecule has 6 rings (SSSR count). The Balaban J connectivity index is 1.42. The van der Waals surface area contributed by atoms with Crippen LogP contribution in [-0.4, -0.2) is 48.6 Å². The van der Waals surface area contributed by atoms with E-state index >= 15 is 0 Å². The van der Waals surface area contributed by atoms with Gasteiger partial charge in [0.15, 0.2) is 5.65 Å². The van der Waals surface area contributed by atoms with Crippen molar-refractivity contribution in [3.05, 3.63) is 87.3 Å². The Bertz CT molecular complexity index is 1740. The molecule has 38 heavy (non-hydrogen) atoms. The predicted octanol–water partition coefficient (Wildman–Crippen LogP) is 5.03. The van der Waals surface area contributed by atoms with Crippen molar-refractivity contribution in [1.29, 1.82) is 0 Å². The van der Waals surface area contributed by atoms with E-state index in [2.05, 4.69) is 45.1 Å². The molecule has 4 heterocycles. The number of alkyl halides is 1. The maximum absolute atomic E-state index is 14.7. The molecule has 8 nitrogen and oxygen atoms in total. The van der Waals surface area contributed by atoms with Crippen LogP contribution >= 0.6 is 11.6 Å². The van der Waals surface area contributed by atoms with E-state index in [1.54, 1.807) is 10.6 Å². The fraction of sp³-hybridized carbons (Fsp3) is 0.259. The molecule has 0 saturated heterocycles. The molecule has 0 bridgehead atoms. The summed E-state index contributed by atoms with van der Waals surface area (Å²) in [6.07, 6.45) is 4.55. The monoisotopic (exact) mass is 535 g/mol. The fourth-order valence-corrected chi connectivity index (χ4v) is 5.57. The molecule has 0 saturated carbocycles. The molecule has 1 aliphatic rings. The minimum absolute atomic E-state index is 0.0798. The Labute approximate surface area is 221 Å². The van der Waals surface area contributed by atoms with Gasteiger partial charge in [0.2, 0.25) is 11.7 Å². The van der Waals surface area contributed by atoms with E-state index in [9.17, 15) is 13.6 Å². The predicted molar refractivity (Wildman–Crippen MR) is 143 cm³/mol. The summed E-state index contributed by atoms with van der Waals surface area (Å²) < 4.78 is 30.5. The van der Waals surface area contributed by atoms with Crippen molar-refractivity contribution in [2.75, 3.05) is 25.1 Å². The van der Waals surface area contributed by atoms with E-state index in [-0.39, 0.29) is 39.9 Å². The van der Waals surface area contributed by atoms with Crippen molar-refractivity contribution in [2.24, 2.45) is 0 Å². The van der Waals surface area contributed by atoms with Gasteiger partial charge in [0.1, 0.15) is 23.6 Å². The third kappa shape index (κ3) is 4.00. The molecule has 0 fully saturated rings. The maximum Gasteiger partial charge on any atom is 0.270 e. The van der Waals surface area contributed by atoms with Crippen molar-refractivity contribution in [3.8, 4) is 5.69 Å². The summed E-state index contributed by atoms with van der Waals surface area (Å²) >= 11 is 6.27. The van der Waals surface area contributed by atoms with E-state index < -0.39 is 11.4 Å². The zero-order valence-electron chi connectivity index (χ0n) is 20.8. The van der Waals surface area contributed by atoms with E-state index in [1.807, 2.05) is 12.1 Å². The fourth-order valence-electron chi connectivity index (χ4n) is 5.32. The molecule has 0 unspecified atom stereocenters. The van der Waals surface area contributed by atoms with Crippen LogP contribution in [0, 0.1) is 5.82 Å². The first kappa shape index (κ1) is 24.4. The highest BCUT2D eigenvalue weighted by Gasteiger charge is 2.31. The van der Waals surface area contributed by atoms with Crippen LogP contribution in [0.4, 0.5) is 20.4 Å². The molecule has 0 aliphatic carbocycles. The average Bonchev–Trinajstić information content (AvgIpc) is 3.35. The smallest absolute Gasteiger partial charge is 0.270 e. The van der Waals surface area contributed by atoms with Gasteiger partial charge in [-0.1, -0.05) is 37.6 Å². The maximum atomic E-state index is 14.7. The lowest BCUT2D eigenvalue weighted by Gasteiger charge is -2.39. The Morgan fingerprint density at radius 3 is 2.82 bits per heavy atom. The molecule has 0 amide bonds. The molecule has 3 aromatic heterocycles. The Kier molecular flexibility index (Phi) is 5.88. The molecule has 11 heteroatoms. The molecular formula is C27H24ClF2N7O. The van der Waals surface area contributed by atoms with Gasteiger partial charge in [-0.15, -0.1) is 0 Å². The SMILES string of the molecule is CC1(C)CN(CCF)Cc2cc(Nc3ncc4c(=O)n(-c5c(F)cccc5Cl)c5nccn5c4n3)ccc21. The number of imidazole rings is 1. The first-order valence-electron chi connectivity index (χ1n) is 12.1. The Morgan fingerprint density at radius 1 is 1.18 bits per heavy atom. The molecule has 194 valence electrons. The van der Waals surface area contributed by atoms with Crippen LogP contribution in [0.25, 0.3) is 22.5 Å². The summed E-state index contributed by atoms with van der Waals surface area (Å²) in [7, 11) is 0. The summed E-state index contributed by atoms with van der Waals surface area (Å²) in [5, 5.41) is 3.48. The van der Waals surface area contributed by atoms with Gasteiger partial charge < -0.3 is 5.32 Å². The molecule has 0 radical (unpaired) electrons. The summed E-state index contributed by atoms with van der Waals surface area (Å²) in [5.41, 5.74) is 2.70. The van der Waals surface area contributed by atoms with Crippen LogP contribution in [0.2, 0.25) is 5.02 Å². The number of fused-ring (bicyclic) bond motifs is 4. The van der Waals surface area contributed by atoms with Crippen molar-refractivity contribution in [3.63, 3.8) is 0 Å². The second-order valence-electron chi connectivity index (χ2n) is 10.0. The van der Waals surface area contributed by atoms with E-state index in [0.717, 1.165) is 22.4 Å². The summed E-state index contributed by atoms with van der Waals surface area (Å²) in [5.74, 6) is -0.198. The molecular weight excluding hydrogens is 512 g/mol. The number of anilines is 2. The van der Waals surface area contributed by atoms with Gasteiger partial charge >= 0.3 is 0 Å². The number of benzene rings is 2. The van der Waals surface area contributed by atoms with Crippen LogP contribution in [-0.2, 0) is 12.0 Å².